The average Bonchev–Trinajstić information content (AvgIpc) is 3.14. The van der Waals surface area contributed by atoms with Crippen molar-refractivity contribution in [1.82, 2.24) is 9.97 Å². The van der Waals surface area contributed by atoms with Crippen molar-refractivity contribution in [3.05, 3.63) is 70.5 Å². The molecule has 1 aliphatic rings. The fourth-order valence-electron chi connectivity index (χ4n) is 3.52. The van der Waals surface area contributed by atoms with Gasteiger partial charge < -0.3 is 14.3 Å². The lowest BCUT2D eigenvalue weighted by Crippen LogP contribution is -2.17. The Morgan fingerprint density at radius 1 is 1.10 bits per heavy atom. The largest absolute Gasteiger partial charge is 0.444 e. The van der Waals surface area contributed by atoms with Crippen LogP contribution in [0, 0.1) is 0 Å². The molecule has 1 fully saturated rings. The van der Waals surface area contributed by atoms with E-state index < -0.39 is 5.60 Å². The van der Waals surface area contributed by atoms with E-state index in [1.807, 2.05) is 36.4 Å². The van der Waals surface area contributed by atoms with Crippen LogP contribution in [0.2, 0.25) is 5.02 Å². The highest BCUT2D eigenvalue weighted by atomic mass is 35.5. The van der Waals surface area contributed by atoms with Crippen molar-refractivity contribution < 1.29 is 14.3 Å². The summed E-state index contributed by atoms with van der Waals surface area (Å²) in [7, 11) is 0. The molecule has 29 heavy (non-hydrogen) atoms. The summed E-state index contributed by atoms with van der Waals surface area (Å²) in [4.78, 5) is 9.30. The van der Waals surface area contributed by atoms with Crippen molar-refractivity contribution in [2.75, 3.05) is 13.2 Å². The van der Waals surface area contributed by atoms with Crippen molar-refractivity contribution in [3.63, 3.8) is 0 Å². The maximum atomic E-state index is 10.2. The lowest BCUT2D eigenvalue weighted by atomic mass is 10.0. The molecule has 3 heterocycles. The molecule has 3 aromatic rings. The lowest BCUT2D eigenvalue weighted by molar-refractivity contribution is 0.0739. The minimum atomic E-state index is -0.984. The van der Waals surface area contributed by atoms with Crippen LogP contribution in [-0.2, 0) is 16.8 Å². The molecule has 1 aliphatic heterocycles. The second kappa shape index (κ2) is 8.27. The van der Waals surface area contributed by atoms with Gasteiger partial charge in [-0.15, -0.1) is 0 Å². The van der Waals surface area contributed by atoms with Gasteiger partial charge in [-0.25, -0.2) is 4.98 Å². The van der Waals surface area contributed by atoms with Gasteiger partial charge in [0.15, 0.2) is 5.89 Å². The van der Waals surface area contributed by atoms with Crippen LogP contribution >= 0.6 is 11.6 Å². The molecule has 152 valence electrons. The molecule has 1 N–H and O–H groups in total. The quantitative estimate of drug-likeness (QED) is 0.631. The minimum absolute atomic E-state index is 0.269. The molecule has 6 heteroatoms. The SMILES string of the molecule is CC(C)(O)c1ccc(-c2nc(C3CCOCC3)oc2Cc2ccc(Cl)cc2)cn1. The second-order valence-electron chi connectivity index (χ2n) is 8.00. The first-order chi connectivity index (χ1) is 13.9. The number of rotatable bonds is 5. The molecule has 1 saturated heterocycles. The minimum Gasteiger partial charge on any atom is -0.444 e. The van der Waals surface area contributed by atoms with Crippen LogP contribution in [0.5, 0.6) is 0 Å². The van der Waals surface area contributed by atoms with Gasteiger partial charge in [0, 0.05) is 42.3 Å². The van der Waals surface area contributed by atoms with E-state index in [4.69, 9.17) is 25.7 Å². The molecule has 4 rings (SSSR count). The zero-order chi connectivity index (χ0) is 20.4. The van der Waals surface area contributed by atoms with E-state index in [0.29, 0.717) is 17.1 Å². The van der Waals surface area contributed by atoms with E-state index >= 15 is 0 Å². The van der Waals surface area contributed by atoms with Crippen LogP contribution in [-0.4, -0.2) is 28.3 Å². The third-order valence-electron chi connectivity index (χ3n) is 5.23. The van der Waals surface area contributed by atoms with Crippen molar-refractivity contribution in [2.24, 2.45) is 0 Å². The summed E-state index contributed by atoms with van der Waals surface area (Å²) in [6, 6.07) is 11.5. The number of hydrogen-bond acceptors (Lipinski definition) is 5. The predicted molar refractivity (Wildman–Crippen MR) is 112 cm³/mol. The first-order valence-corrected chi connectivity index (χ1v) is 10.3. The number of nitrogens with zero attached hydrogens (tertiary/aromatic N) is 2. The molecule has 0 saturated carbocycles. The molecule has 0 spiro atoms. The lowest BCUT2D eigenvalue weighted by Gasteiger charge is -2.18. The maximum absolute atomic E-state index is 10.2. The Morgan fingerprint density at radius 3 is 2.45 bits per heavy atom. The number of pyridine rings is 1. The molecular weight excluding hydrogens is 388 g/mol. The summed E-state index contributed by atoms with van der Waals surface area (Å²) in [6.07, 6.45) is 4.20. The molecule has 2 aromatic heterocycles. The second-order valence-corrected chi connectivity index (χ2v) is 8.44. The highest BCUT2D eigenvalue weighted by Gasteiger charge is 2.25. The Balaban J connectivity index is 1.69. The zero-order valence-electron chi connectivity index (χ0n) is 16.7. The highest BCUT2D eigenvalue weighted by molar-refractivity contribution is 6.30. The third kappa shape index (κ3) is 4.69. The highest BCUT2D eigenvalue weighted by Crippen LogP contribution is 2.33. The number of ether oxygens (including phenoxy) is 1. The summed E-state index contributed by atoms with van der Waals surface area (Å²) in [5.74, 6) is 1.84. The van der Waals surface area contributed by atoms with E-state index in [-0.39, 0.29) is 5.92 Å². The summed E-state index contributed by atoms with van der Waals surface area (Å²) in [5, 5.41) is 10.9. The zero-order valence-corrected chi connectivity index (χ0v) is 17.4. The van der Waals surface area contributed by atoms with Gasteiger partial charge in [0.05, 0.1) is 5.69 Å². The van der Waals surface area contributed by atoms with E-state index in [0.717, 1.165) is 54.5 Å². The van der Waals surface area contributed by atoms with Gasteiger partial charge in [-0.05, 0) is 56.5 Å². The fraction of sp³-hybridized carbons (Fsp3) is 0.391. The molecule has 0 radical (unpaired) electrons. The predicted octanol–water partition coefficient (Wildman–Crippen LogP) is 5.10. The number of oxazole rings is 1. The standard InChI is InChI=1S/C23H25ClN2O3/c1-23(2,27)20-8-5-17(14-25-20)21-19(13-15-3-6-18(24)7-4-15)29-22(26-21)16-9-11-28-12-10-16/h3-8,14,16,27H,9-13H2,1-2H3. The first kappa shape index (κ1) is 20.1. The topological polar surface area (TPSA) is 68.4 Å². The molecule has 0 unspecified atom stereocenters. The fourth-order valence-corrected chi connectivity index (χ4v) is 3.64. The molecule has 0 aliphatic carbocycles. The summed E-state index contributed by atoms with van der Waals surface area (Å²) in [5.41, 5.74) is 2.42. The Kier molecular flexibility index (Phi) is 5.72. The van der Waals surface area contributed by atoms with Gasteiger partial charge in [0.25, 0.3) is 0 Å². The number of aromatic nitrogens is 2. The van der Waals surface area contributed by atoms with Crippen LogP contribution in [0.4, 0.5) is 0 Å². The first-order valence-electron chi connectivity index (χ1n) is 9.91. The molecule has 5 nitrogen and oxygen atoms in total. The van der Waals surface area contributed by atoms with E-state index in [1.165, 1.54) is 0 Å². The Labute approximate surface area is 175 Å². The van der Waals surface area contributed by atoms with Crippen LogP contribution in [0.3, 0.4) is 0 Å². The van der Waals surface area contributed by atoms with Gasteiger partial charge in [-0.1, -0.05) is 23.7 Å². The normalized spacial score (nSPS) is 15.6. The van der Waals surface area contributed by atoms with E-state index in [2.05, 4.69) is 4.98 Å². The van der Waals surface area contributed by atoms with Gasteiger partial charge >= 0.3 is 0 Å². The molecule has 0 bridgehead atoms. The van der Waals surface area contributed by atoms with Crippen molar-refractivity contribution in [1.29, 1.82) is 0 Å². The summed E-state index contributed by atoms with van der Waals surface area (Å²) in [6.45, 7) is 4.91. The number of halogens is 1. The number of aliphatic hydroxyl groups is 1. The van der Waals surface area contributed by atoms with Crippen LogP contribution < -0.4 is 0 Å². The maximum Gasteiger partial charge on any atom is 0.198 e. The molecular formula is C23H25ClN2O3. The monoisotopic (exact) mass is 412 g/mol. The van der Waals surface area contributed by atoms with E-state index in [9.17, 15) is 5.11 Å². The average molecular weight is 413 g/mol. The van der Waals surface area contributed by atoms with Crippen molar-refractivity contribution >= 4 is 11.6 Å². The molecule has 1 aromatic carbocycles. The van der Waals surface area contributed by atoms with Crippen molar-refractivity contribution in [3.8, 4) is 11.3 Å². The Morgan fingerprint density at radius 2 is 1.83 bits per heavy atom. The Hall–Kier alpha value is -2.21. The number of hydrogen-bond donors (Lipinski definition) is 1. The summed E-state index contributed by atoms with van der Waals surface area (Å²) < 4.78 is 11.7. The summed E-state index contributed by atoms with van der Waals surface area (Å²) >= 11 is 6.02. The smallest absolute Gasteiger partial charge is 0.198 e. The number of benzene rings is 1. The molecule has 0 amide bonds. The third-order valence-corrected chi connectivity index (χ3v) is 5.48. The Bertz CT molecular complexity index is 953. The molecule has 0 atom stereocenters. The van der Waals surface area contributed by atoms with Gasteiger partial charge in [-0.3, -0.25) is 4.98 Å². The van der Waals surface area contributed by atoms with Crippen LogP contribution in [0.15, 0.2) is 47.0 Å². The van der Waals surface area contributed by atoms with Gasteiger partial charge in [0.1, 0.15) is 17.1 Å². The van der Waals surface area contributed by atoms with Crippen LogP contribution in [0.25, 0.3) is 11.3 Å². The van der Waals surface area contributed by atoms with Gasteiger partial charge in [-0.2, -0.15) is 0 Å². The van der Waals surface area contributed by atoms with E-state index in [1.54, 1.807) is 20.0 Å². The van der Waals surface area contributed by atoms with Crippen molar-refractivity contribution in [2.45, 2.75) is 44.6 Å². The van der Waals surface area contributed by atoms with Gasteiger partial charge in [0.2, 0.25) is 0 Å². The van der Waals surface area contributed by atoms with Crippen LogP contribution in [0.1, 0.15) is 55.5 Å².